The molecule has 1 aliphatic rings. The van der Waals surface area contributed by atoms with Gasteiger partial charge in [-0.1, -0.05) is 18.2 Å². The summed E-state index contributed by atoms with van der Waals surface area (Å²) < 4.78 is 5.17. The molecule has 0 unspecified atom stereocenters. The predicted octanol–water partition coefficient (Wildman–Crippen LogP) is 3.71. The summed E-state index contributed by atoms with van der Waals surface area (Å²) in [7, 11) is 1.62. The van der Waals surface area contributed by atoms with Gasteiger partial charge in [0.15, 0.2) is 5.78 Å². The van der Waals surface area contributed by atoms with E-state index in [0.29, 0.717) is 12.1 Å². The Kier molecular flexibility index (Phi) is 5.95. The summed E-state index contributed by atoms with van der Waals surface area (Å²) in [6, 6.07) is 17.7. The molecule has 0 spiro atoms. The minimum Gasteiger partial charge on any atom is -0.497 e. The number of anilines is 1. The van der Waals surface area contributed by atoms with Gasteiger partial charge in [-0.15, -0.1) is 0 Å². The van der Waals surface area contributed by atoms with Crippen LogP contribution in [0.3, 0.4) is 0 Å². The molecule has 2 aromatic carbocycles. The summed E-state index contributed by atoms with van der Waals surface area (Å²) in [6.07, 6.45) is 5.16. The molecule has 0 amide bonds. The molecule has 1 fully saturated rings. The number of benzene rings is 2. The van der Waals surface area contributed by atoms with Gasteiger partial charge in [0.1, 0.15) is 17.9 Å². The van der Waals surface area contributed by atoms with Crippen molar-refractivity contribution in [1.29, 1.82) is 0 Å². The summed E-state index contributed by atoms with van der Waals surface area (Å²) in [4.78, 5) is 30.5. The zero-order chi connectivity index (χ0) is 22.6. The first-order valence-electron chi connectivity index (χ1n) is 11.0. The lowest BCUT2D eigenvalue weighted by atomic mass is 10.0. The first-order chi connectivity index (χ1) is 16.2. The number of pyridine rings is 1. The first-order valence-corrected chi connectivity index (χ1v) is 11.0. The van der Waals surface area contributed by atoms with Gasteiger partial charge < -0.3 is 9.64 Å². The van der Waals surface area contributed by atoms with E-state index in [1.165, 1.54) is 6.33 Å². The molecule has 0 radical (unpaired) electrons. The Balaban J connectivity index is 1.28. The molecule has 0 N–H and O–H groups in total. The number of rotatable bonds is 6. The molecule has 1 saturated heterocycles. The number of ketones is 1. The highest BCUT2D eigenvalue weighted by Crippen LogP contribution is 2.28. The van der Waals surface area contributed by atoms with Crippen LogP contribution in [0.2, 0.25) is 0 Å². The summed E-state index contributed by atoms with van der Waals surface area (Å²) in [5.41, 5.74) is 3.64. The Hall–Kier alpha value is -3.84. The molecule has 7 nitrogen and oxygen atoms in total. The molecule has 4 aromatic rings. The second-order valence-corrected chi connectivity index (χ2v) is 8.09. The van der Waals surface area contributed by atoms with Crippen LogP contribution in [0.5, 0.6) is 5.75 Å². The maximum atomic E-state index is 12.7. The summed E-state index contributed by atoms with van der Waals surface area (Å²) in [6.45, 7) is 3.70. The van der Waals surface area contributed by atoms with Gasteiger partial charge in [-0.05, 0) is 36.4 Å². The van der Waals surface area contributed by atoms with Crippen molar-refractivity contribution in [2.75, 3.05) is 44.7 Å². The molecule has 5 rings (SSSR count). The number of hydrogen-bond acceptors (Lipinski definition) is 7. The Morgan fingerprint density at radius 2 is 1.70 bits per heavy atom. The van der Waals surface area contributed by atoms with Crippen molar-refractivity contribution in [3.63, 3.8) is 0 Å². The zero-order valence-corrected chi connectivity index (χ0v) is 18.5. The number of hydrogen-bond donors (Lipinski definition) is 0. The monoisotopic (exact) mass is 439 g/mol. The quantitative estimate of drug-likeness (QED) is 0.424. The maximum absolute atomic E-state index is 12.7. The highest BCUT2D eigenvalue weighted by Gasteiger charge is 2.21. The van der Waals surface area contributed by atoms with Crippen LogP contribution < -0.4 is 9.64 Å². The van der Waals surface area contributed by atoms with E-state index < -0.39 is 0 Å². The van der Waals surface area contributed by atoms with Gasteiger partial charge in [-0.25, -0.2) is 15.0 Å². The lowest BCUT2D eigenvalue weighted by molar-refractivity contribution is 0.0926. The summed E-state index contributed by atoms with van der Waals surface area (Å²) >= 11 is 0. The van der Waals surface area contributed by atoms with Gasteiger partial charge in [0.25, 0.3) is 0 Å². The van der Waals surface area contributed by atoms with Crippen molar-refractivity contribution in [1.82, 2.24) is 19.9 Å². The van der Waals surface area contributed by atoms with Crippen LogP contribution in [0.1, 0.15) is 10.4 Å². The van der Waals surface area contributed by atoms with Crippen molar-refractivity contribution in [2.45, 2.75) is 0 Å². The third-order valence-electron chi connectivity index (χ3n) is 6.05. The Morgan fingerprint density at radius 1 is 0.939 bits per heavy atom. The molecule has 0 saturated carbocycles. The molecule has 33 heavy (non-hydrogen) atoms. The van der Waals surface area contributed by atoms with E-state index in [0.717, 1.165) is 59.8 Å². The minimum absolute atomic E-state index is 0.129. The minimum atomic E-state index is 0.129. The Morgan fingerprint density at radius 3 is 2.42 bits per heavy atom. The fraction of sp³-hybridized carbons (Fsp3) is 0.231. The number of carbonyl (C=O) groups excluding carboxylic acids is 1. The van der Waals surface area contributed by atoms with Crippen LogP contribution in [-0.4, -0.2) is 65.5 Å². The van der Waals surface area contributed by atoms with Crippen molar-refractivity contribution in [3.05, 3.63) is 78.9 Å². The number of para-hydroxylation sites is 1. The van der Waals surface area contributed by atoms with Crippen LogP contribution in [-0.2, 0) is 0 Å². The van der Waals surface area contributed by atoms with E-state index in [2.05, 4.69) is 44.0 Å². The fourth-order valence-electron chi connectivity index (χ4n) is 4.19. The molecule has 7 heteroatoms. The summed E-state index contributed by atoms with van der Waals surface area (Å²) in [5.74, 6) is 1.84. The molecule has 1 aliphatic heterocycles. The highest BCUT2D eigenvalue weighted by atomic mass is 16.5. The van der Waals surface area contributed by atoms with Gasteiger partial charge in [0, 0.05) is 60.6 Å². The van der Waals surface area contributed by atoms with E-state index in [9.17, 15) is 4.79 Å². The molecule has 0 aliphatic carbocycles. The lowest BCUT2D eigenvalue weighted by Crippen LogP contribution is -2.48. The molecule has 166 valence electrons. The number of ether oxygens (including phenoxy) is 1. The topological polar surface area (TPSA) is 71.5 Å². The zero-order valence-electron chi connectivity index (χ0n) is 18.5. The van der Waals surface area contributed by atoms with Gasteiger partial charge >= 0.3 is 0 Å². The van der Waals surface area contributed by atoms with E-state index in [4.69, 9.17) is 9.72 Å². The Labute approximate surface area is 192 Å². The third kappa shape index (κ3) is 4.54. The number of nitrogens with zero attached hydrogens (tertiary/aromatic N) is 5. The number of carbonyl (C=O) groups is 1. The molecular weight excluding hydrogens is 414 g/mol. The number of aromatic nitrogens is 3. The van der Waals surface area contributed by atoms with E-state index in [1.807, 2.05) is 42.7 Å². The SMILES string of the molecule is COc1ccc(C(=O)CN2CCN(c3ccc4cccc(-c5cncnc5)c4n3)CC2)cc1. The van der Waals surface area contributed by atoms with Crippen molar-refractivity contribution < 1.29 is 9.53 Å². The first kappa shape index (κ1) is 21.0. The molecule has 2 aromatic heterocycles. The van der Waals surface area contributed by atoms with Crippen LogP contribution >= 0.6 is 0 Å². The predicted molar refractivity (Wildman–Crippen MR) is 129 cm³/mol. The number of piperazine rings is 1. The molecule has 3 heterocycles. The van der Waals surface area contributed by atoms with Gasteiger partial charge in [0.05, 0.1) is 19.2 Å². The molecule has 0 bridgehead atoms. The summed E-state index contributed by atoms with van der Waals surface area (Å²) in [5, 5.41) is 1.09. The van der Waals surface area contributed by atoms with Crippen molar-refractivity contribution in [2.24, 2.45) is 0 Å². The van der Waals surface area contributed by atoms with Gasteiger partial charge in [-0.3, -0.25) is 9.69 Å². The number of methoxy groups -OCH3 is 1. The largest absolute Gasteiger partial charge is 0.497 e. The van der Waals surface area contributed by atoms with E-state index in [1.54, 1.807) is 7.11 Å². The smallest absolute Gasteiger partial charge is 0.176 e. The van der Waals surface area contributed by atoms with E-state index >= 15 is 0 Å². The van der Waals surface area contributed by atoms with E-state index in [-0.39, 0.29) is 5.78 Å². The van der Waals surface area contributed by atoms with Crippen molar-refractivity contribution >= 4 is 22.5 Å². The highest BCUT2D eigenvalue weighted by molar-refractivity contribution is 5.97. The van der Waals surface area contributed by atoms with Crippen LogP contribution in [0.4, 0.5) is 5.82 Å². The van der Waals surface area contributed by atoms with Crippen molar-refractivity contribution in [3.8, 4) is 16.9 Å². The Bertz CT molecular complexity index is 1250. The second-order valence-electron chi connectivity index (χ2n) is 8.09. The molecule has 0 atom stereocenters. The number of Topliss-reactive ketones (excluding diaryl/α,β-unsaturated/α-hetero) is 1. The second kappa shape index (κ2) is 9.34. The van der Waals surface area contributed by atoms with Crippen LogP contribution in [0.25, 0.3) is 22.0 Å². The third-order valence-corrected chi connectivity index (χ3v) is 6.05. The van der Waals surface area contributed by atoms with Crippen LogP contribution in [0.15, 0.2) is 73.3 Å². The fourth-order valence-corrected chi connectivity index (χ4v) is 4.19. The standard InChI is InChI=1S/C26H25N5O2/c1-33-22-8-5-19(6-9-22)24(32)17-30-11-13-31(14-12-30)25-10-7-20-3-2-4-23(26(20)29-25)21-15-27-18-28-16-21/h2-10,15-16,18H,11-14,17H2,1H3. The number of fused-ring (bicyclic) bond motifs is 1. The lowest BCUT2D eigenvalue weighted by Gasteiger charge is -2.35. The normalized spacial score (nSPS) is 14.4. The van der Waals surface area contributed by atoms with Gasteiger partial charge in [0.2, 0.25) is 0 Å². The van der Waals surface area contributed by atoms with Gasteiger partial charge in [-0.2, -0.15) is 0 Å². The maximum Gasteiger partial charge on any atom is 0.176 e. The average Bonchev–Trinajstić information content (AvgIpc) is 2.89. The average molecular weight is 440 g/mol. The molecular formula is C26H25N5O2. The van der Waals surface area contributed by atoms with Crippen LogP contribution in [0, 0.1) is 0 Å².